The standard InChI is InChI=1S/C12H16N2O/c1-4-9-12(15)14(3)11-6-5-8(2)7-10(11)13-9/h5-7,9,13H,4H2,1-3H3. The number of likely N-dealkylation sites (N-methyl/N-ethyl adjacent to an activating group) is 1. The van der Waals surface area contributed by atoms with Crippen molar-refractivity contribution in [1.29, 1.82) is 0 Å². The predicted molar refractivity (Wildman–Crippen MR) is 62.3 cm³/mol. The van der Waals surface area contributed by atoms with Crippen molar-refractivity contribution >= 4 is 17.3 Å². The van der Waals surface area contributed by atoms with Crippen LogP contribution in [0.4, 0.5) is 11.4 Å². The Hall–Kier alpha value is -1.51. The largest absolute Gasteiger partial charge is 0.372 e. The zero-order chi connectivity index (χ0) is 11.0. The number of carbonyl (C=O) groups excluding carboxylic acids is 1. The van der Waals surface area contributed by atoms with Gasteiger partial charge in [-0.15, -0.1) is 0 Å². The molecule has 3 nitrogen and oxygen atoms in total. The number of benzene rings is 1. The first-order chi connectivity index (χ1) is 7.13. The second-order valence-corrected chi connectivity index (χ2v) is 4.02. The molecule has 15 heavy (non-hydrogen) atoms. The van der Waals surface area contributed by atoms with Crippen LogP contribution in [0.1, 0.15) is 18.9 Å². The van der Waals surface area contributed by atoms with Crippen LogP contribution in [0.15, 0.2) is 18.2 Å². The fourth-order valence-electron chi connectivity index (χ4n) is 1.94. The zero-order valence-corrected chi connectivity index (χ0v) is 9.37. The Morgan fingerprint density at radius 1 is 1.47 bits per heavy atom. The summed E-state index contributed by atoms with van der Waals surface area (Å²) >= 11 is 0. The van der Waals surface area contributed by atoms with Crippen molar-refractivity contribution < 1.29 is 4.79 Å². The number of hydrogen-bond acceptors (Lipinski definition) is 2. The monoisotopic (exact) mass is 204 g/mol. The Morgan fingerprint density at radius 3 is 2.87 bits per heavy atom. The molecule has 0 saturated carbocycles. The third kappa shape index (κ3) is 1.58. The third-order valence-corrected chi connectivity index (χ3v) is 2.88. The average Bonchev–Trinajstić information content (AvgIpc) is 2.23. The number of amides is 1. The maximum Gasteiger partial charge on any atom is 0.249 e. The highest BCUT2D eigenvalue weighted by Crippen LogP contribution is 2.31. The molecular formula is C12H16N2O. The van der Waals surface area contributed by atoms with E-state index in [0.29, 0.717) is 0 Å². The Balaban J connectivity index is 2.45. The van der Waals surface area contributed by atoms with Crippen molar-refractivity contribution in [3.05, 3.63) is 23.8 Å². The number of rotatable bonds is 1. The summed E-state index contributed by atoms with van der Waals surface area (Å²) in [5, 5.41) is 3.28. The molecule has 1 atom stereocenters. The molecule has 0 aromatic heterocycles. The maximum absolute atomic E-state index is 11.9. The van der Waals surface area contributed by atoms with Gasteiger partial charge in [-0.25, -0.2) is 0 Å². The number of hydrogen-bond donors (Lipinski definition) is 1. The van der Waals surface area contributed by atoms with Crippen LogP contribution in [0, 0.1) is 6.92 Å². The predicted octanol–water partition coefficient (Wildman–Crippen LogP) is 2.16. The van der Waals surface area contributed by atoms with E-state index in [-0.39, 0.29) is 11.9 Å². The van der Waals surface area contributed by atoms with Crippen LogP contribution >= 0.6 is 0 Å². The van der Waals surface area contributed by atoms with Gasteiger partial charge in [0, 0.05) is 7.05 Å². The van der Waals surface area contributed by atoms with Crippen molar-refractivity contribution in [2.24, 2.45) is 0 Å². The van der Waals surface area contributed by atoms with E-state index in [0.717, 1.165) is 17.8 Å². The van der Waals surface area contributed by atoms with E-state index in [4.69, 9.17) is 0 Å². The van der Waals surface area contributed by atoms with E-state index in [1.54, 1.807) is 4.90 Å². The summed E-state index contributed by atoms with van der Waals surface area (Å²) in [6, 6.07) is 6.02. The summed E-state index contributed by atoms with van der Waals surface area (Å²) < 4.78 is 0. The van der Waals surface area contributed by atoms with Gasteiger partial charge in [-0.1, -0.05) is 13.0 Å². The maximum atomic E-state index is 11.9. The molecule has 0 radical (unpaired) electrons. The van der Waals surface area contributed by atoms with Gasteiger partial charge in [0.1, 0.15) is 6.04 Å². The molecule has 80 valence electrons. The minimum Gasteiger partial charge on any atom is -0.372 e. The molecule has 2 rings (SSSR count). The first-order valence-electron chi connectivity index (χ1n) is 5.28. The minimum absolute atomic E-state index is 0.0794. The summed E-state index contributed by atoms with van der Waals surface area (Å²) in [4.78, 5) is 13.6. The van der Waals surface area contributed by atoms with Gasteiger partial charge in [0.25, 0.3) is 0 Å². The smallest absolute Gasteiger partial charge is 0.249 e. The molecule has 0 aliphatic carbocycles. The second-order valence-electron chi connectivity index (χ2n) is 4.02. The lowest BCUT2D eigenvalue weighted by Gasteiger charge is -2.32. The third-order valence-electron chi connectivity index (χ3n) is 2.88. The number of aryl methyl sites for hydroxylation is 1. The van der Waals surface area contributed by atoms with Gasteiger partial charge in [-0.05, 0) is 31.0 Å². The first-order valence-corrected chi connectivity index (χ1v) is 5.28. The number of anilines is 2. The molecule has 0 spiro atoms. The van der Waals surface area contributed by atoms with E-state index >= 15 is 0 Å². The van der Waals surface area contributed by atoms with Crippen LogP contribution in [0.2, 0.25) is 0 Å². The van der Waals surface area contributed by atoms with Crippen LogP contribution in [-0.2, 0) is 4.79 Å². The summed E-state index contributed by atoms with van der Waals surface area (Å²) in [7, 11) is 1.83. The molecule has 1 N–H and O–H groups in total. The molecule has 1 unspecified atom stereocenters. The van der Waals surface area contributed by atoms with Gasteiger partial charge >= 0.3 is 0 Å². The highest BCUT2D eigenvalue weighted by atomic mass is 16.2. The molecule has 0 bridgehead atoms. The molecule has 0 fully saturated rings. The fourth-order valence-corrected chi connectivity index (χ4v) is 1.94. The Morgan fingerprint density at radius 2 is 2.20 bits per heavy atom. The minimum atomic E-state index is -0.0794. The summed E-state index contributed by atoms with van der Waals surface area (Å²) in [5.74, 6) is 0.147. The Bertz CT molecular complexity index is 401. The summed E-state index contributed by atoms with van der Waals surface area (Å²) in [6.45, 7) is 4.07. The second kappa shape index (κ2) is 3.57. The Labute approximate surface area is 90.1 Å². The van der Waals surface area contributed by atoms with Crippen LogP contribution in [0.5, 0.6) is 0 Å². The highest BCUT2D eigenvalue weighted by molar-refractivity contribution is 6.04. The van der Waals surface area contributed by atoms with Gasteiger partial charge in [0.15, 0.2) is 0 Å². The van der Waals surface area contributed by atoms with Crippen molar-refractivity contribution in [2.45, 2.75) is 26.3 Å². The number of fused-ring (bicyclic) bond motifs is 1. The molecule has 1 aromatic carbocycles. The molecule has 1 aliphatic rings. The van der Waals surface area contributed by atoms with Crippen LogP contribution < -0.4 is 10.2 Å². The van der Waals surface area contributed by atoms with Gasteiger partial charge in [0.2, 0.25) is 5.91 Å². The Kier molecular flexibility index (Phi) is 2.39. The number of carbonyl (C=O) groups is 1. The van der Waals surface area contributed by atoms with E-state index in [1.807, 2.05) is 26.1 Å². The van der Waals surface area contributed by atoms with Crippen LogP contribution in [0.3, 0.4) is 0 Å². The van der Waals surface area contributed by atoms with Crippen LogP contribution in [0.25, 0.3) is 0 Å². The van der Waals surface area contributed by atoms with Crippen molar-refractivity contribution in [2.75, 3.05) is 17.3 Å². The zero-order valence-electron chi connectivity index (χ0n) is 9.37. The molecule has 0 saturated heterocycles. The SMILES string of the molecule is CCC1Nc2cc(C)ccc2N(C)C1=O. The topological polar surface area (TPSA) is 32.3 Å². The quantitative estimate of drug-likeness (QED) is 0.760. The summed E-state index contributed by atoms with van der Waals surface area (Å²) in [6.07, 6.45) is 0.816. The lowest BCUT2D eigenvalue weighted by atomic mass is 10.1. The molecular weight excluding hydrogens is 188 g/mol. The van der Waals surface area contributed by atoms with E-state index < -0.39 is 0 Å². The van der Waals surface area contributed by atoms with Gasteiger partial charge < -0.3 is 10.2 Å². The van der Waals surface area contributed by atoms with Crippen molar-refractivity contribution in [1.82, 2.24) is 0 Å². The van der Waals surface area contributed by atoms with E-state index in [2.05, 4.69) is 18.3 Å². The normalized spacial score (nSPS) is 19.8. The van der Waals surface area contributed by atoms with Crippen molar-refractivity contribution in [3.8, 4) is 0 Å². The first kappa shape index (κ1) is 10.0. The van der Waals surface area contributed by atoms with Crippen molar-refractivity contribution in [3.63, 3.8) is 0 Å². The van der Waals surface area contributed by atoms with Crippen LogP contribution in [-0.4, -0.2) is 19.0 Å². The molecule has 3 heteroatoms. The summed E-state index contributed by atoms with van der Waals surface area (Å²) in [5.41, 5.74) is 3.23. The lowest BCUT2D eigenvalue weighted by Crippen LogP contribution is -2.44. The highest BCUT2D eigenvalue weighted by Gasteiger charge is 2.28. The van der Waals surface area contributed by atoms with E-state index in [9.17, 15) is 4.79 Å². The van der Waals surface area contributed by atoms with Gasteiger partial charge in [-0.3, -0.25) is 4.79 Å². The van der Waals surface area contributed by atoms with Gasteiger partial charge in [-0.2, -0.15) is 0 Å². The fraction of sp³-hybridized carbons (Fsp3) is 0.417. The molecule has 1 aliphatic heterocycles. The lowest BCUT2D eigenvalue weighted by molar-refractivity contribution is -0.119. The molecule has 1 heterocycles. The molecule has 1 aromatic rings. The number of nitrogens with one attached hydrogen (secondary N) is 1. The average molecular weight is 204 g/mol. The van der Waals surface area contributed by atoms with Gasteiger partial charge in [0.05, 0.1) is 11.4 Å². The van der Waals surface area contributed by atoms with E-state index in [1.165, 1.54) is 5.56 Å². The number of nitrogens with zero attached hydrogens (tertiary/aromatic N) is 1. The molecule has 1 amide bonds.